The molecule has 3 nitrogen and oxygen atoms in total. The Labute approximate surface area is 89.1 Å². The molecule has 0 amide bonds. The van der Waals surface area contributed by atoms with Crippen molar-refractivity contribution in [1.29, 1.82) is 0 Å². The first-order valence-electron chi connectivity index (χ1n) is 5.38. The van der Waals surface area contributed by atoms with E-state index in [0.29, 0.717) is 6.04 Å². The first-order chi connectivity index (χ1) is 6.79. The van der Waals surface area contributed by atoms with Crippen LogP contribution in [0, 0.1) is 5.92 Å². The number of hydrogen-bond donors (Lipinski definition) is 1. The number of aromatic nitrogens is 2. The third kappa shape index (κ3) is 2.05. The van der Waals surface area contributed by atoms with Gasteiger partial charge in [0.1, 0.15) is 5.82 Å². The van der Waals surface area contributed by atoms with E-state index in [1.165, 1.54) is 30.8 Å². The van der Waals surface area contributed by atoms with Crippen molar-refractivity contribution in [3.63, 3.8) is 0 Å². The Balaban J connectivity index is 1.89. The van der Waals surface area contributed by atoms with E-state index in [9.17, 15) is 0 Å². The molecule has 1 heterocycles. The van der Waals surface area contributed by atoms with Crippen LogP contribution in [-0.4, -0.2) is 15.4 Å². The van der Waals surface area contributed by atoms with Gasteiger partial charge in [-0.15, -0.1) is 0 Å². The van der Waals surface area contributed by atoms with Crippen molar-refractivity contribution in [2.24, 2.45) is 5.92 Å². The van der Waals surface area contributed by atoms with Gasteiger partial charge in [0, 0.05) is 24.0 Å². The highest BCUT2D eigenvalue weighted by Gasteiger charge is 2.24. The van der Waals surface area contributed by atoms with Gasteiger partial charge in [0.05, 0.1) is 0 Å². The second kappa shape index (κ2) is 4.26. The van der Waals surface area contributed by atoms with Gasteiger partial charge >= 0.3 is 0 Å². The van der Waals surface area contributed by atoms with Crippen LogP contribution < -0.4 is 5.32 Å². The fourth-order valence-electron chi connectivity index (χ4n) is 1.71. The van der Waals surface area contributed by atoms with Crippen LogP contribution >= 0.6 is 11.5 Å². The van der Waals surface area contributed by atoms with Crippen LogP contribution in [0.4, 0.5) is 5.13 Å². The van der Waals surface area contributed by atoms with Gasteiger partial charge in [0.2, 0.25) is 5.13 Å². The minimum absolute atomic E-state index is 0.557. The molecule has 1 aliphatic carbocycles. The lowest BCUT2D eigenvalue weighted by Crippen LogP contribution is -2.30. The van der Waals surface area contributed by atoms with Crippen LogP contribution in [0.5, 0.6) is 0 Å². The molecule has 0 unspecified atom stereocenters. The third-order valence-electron chi connectivity index (χ3n) is 2.99. The summed E-state index contributed by atoms with van der Waals surface area (Å²) in [5.41, 5.74) is 0. The van der Waals surface area contributed by atoms with Crippen molar-refractivity contribution in [3.05, 3.63) is 5.82 Å². The van der Waals surface area contributed by atoms with Crippen molar-refractivity contribution in [3.8, 4) is 0 Å². The molecule has 0 aromatic carbocycles. The molecule has 1 aliphatic rings. The molecule has 14 heavy (non-hydrogen) atoms. The zero-order valence-electron chi connectivity index (χ0n) is 8.79. The average Bonchev–Trinajstić information content (AvgIpc) is 2.48. The standard InChI is InChI=1S/C10H17N3S/c1-3-9-12-10(14-13-9)11-7(2)8-5-4-6-8/h7-8H,3-6H2,1-2H3,(H,11,12,13)/t7-/m0/s1. The molecule has 0 saturated heterocycles. The molecule has 0 bridgehead atoms. The molecule has 2 rings (SSSR count). The monoisotopic (exact) mass is 211 g/mol. The predicted molar refractivity (Wildman–Crippen MR) is 59.7 cm³/mol. The van der Waals surface area contributed by atoms with E-state index in [1.54, 1.807) is 0 Å². The quantitative estimate of drug-likeness (QED) is 0.832. The van der Waals surface area contributed by atoms with E-state index in [1.807, 2.05) is 0 Å². The van der Waals surface area contributed by atoms with E-state index in [2.05, 4.69) is 28.5 Å². The van der Waals surface area contributed by atoms with Gasteiger partial charge in [-0.3, -0.25) is 0 Å². The van der Waals surface area contributed by atoms with Crippen LogP contribution in [0.15, 0.2) is 0 Å². The van der Waals surface area contributed by atoms with E-state index in [0.717, 1.165) is 23.3 Å². The Hall–Kier alpha value is -0.640. The number of nitrogens with one attached hydrogen (secondary N) is 1. The Morgan fingerprint density at radius 2 is 2.36 bits per heavy atom. The molecule has 4 heteroatoms. The van der Waals surface area contributed by atoms with Crippen LogP contribution in [0.2, 0.25) is 0 Å². The Morgan fingerprint density at radius 1 is 1.57 bits per heavy atom. The van der Waals surface area contributed by atoms with Crippen LogP contribution in [0.3, 0.4) is 0 Å². The number of hydrogen-bond acceptors (Lipinski definition) is 4. The first kappa shape index (κ1) is 9.90. The molecular formula is C10H17N3S. The van der Waals surface area contributed by atoms with Crippen LogP contribution in [0.1, 0.15) is 38.9 Å². The average molecular weight is 211 g/mol. The Kier molecular flexibility index (Phi) is 3.01. The minimum Gasteiger partial charge on any atom is -0.358 e. The lowest BCUT2D eigenvalue weighted by Gasteiger charge is -2.31. The largest absolute Gasteiger partial charge is 0.358 e. The Bertz CT molecular complexity index is 293. The van der Waals surface area contributed by atoms with Gasteiger partial charge in [0.25, 0.3) is 0 Å². The van der Waals surface area contributed by atoms with E-state index < -0.39 is 0 Å². The van der Waals surface area contributed by atoms with E-state index >= 15 is 0 Å². The fourth-order valence-corrected chi connectivity index (χ4v) is 2.46. The zero-order chi connectivity index (χ0) is 9.97. The molecular weight excluding hydrogens is 194 g/mol. The highest BCUT2D eigenvalue weighted by molar-refractivity contribution is 7.09. The summed E-state index contributed by atoms with van der Waals surface area (Å²) in [5.74, 6) is 1.81. The normalized spacial score (nSPS) is 19.0. The molecule has 78 valence electrons. The molecule has 1 fully saturated rings. The van der Waals surface area contributed by atoms with E-state index in [-0.39, 0.29) is 0 Å². The van der Waals surface area contributed by atoms with Crippen LogP contribution in [0.25, 0.3) is 0 Å². The maximum Gasteiger partial charge on any atom is 0.202 e. The number of nitrogens with zero attached hydrogens (tertiary/aromatic N) is 2. The number of aryl methyl sites for hydroxylation is 1. The lowest BCUT2D eigenvalue weighted by molar-refractivity contribution is 0.285. The number of rotatable bonds is 4. The topological polar surface area (TPSA) is 37.8 Å². The van der Waals surface area contributed by atoms with Gasteiger partial charge in [-0.25, -0.2) is 4.98 Å². The molecule has 0 spiro atoms. The van der Waals surface area contributed by atoms with Gasteiger partial charge < -0.3 is 5.32 Å². The predicted octanol–water partition coefficient (Wildman–Crippen LogP) is 2.70. The maximum absolute atomic E-state index is 4.41. The summed E-state index contributed by atoms with van der Waals surface area (Å²) < 4.78 is 4.26. The summed E-state index contributed by atoms with van der Waals surface area (Å²) in [4.78, 5) is 4.41. The highest BCUT2D eigenvalue weighted by Crippen LogP contribution is 2.31. The molecule has 0 aliphatic heterocycles. The summed E-state index contributed by atoms with van der Waals surface area (Å²) in [5, 5.41) is 4.43. The van der Waals surface area contributed by atoms with Crippen molar-refractivity contribution >= 4 is 16.7 Å². The van der Waals surface area contributed by atoms with Crippen molar-refractivity contribution in [2.75, 3.05) is 5.32 Å². The first-order valence-corrected chi connectivity index (χ1v) is 6.16. The highest BCUT2D eigenvalue weighted by atomic mass is 32.1. The molecule has 1 aromatic rings. The van der Waals surface area contributed by atoms with Gasteiger partial charge in [0.15, 0.2) is 0 Å². The smallest absolute Gasteiger partial charge is 0.202 e. The molecule has 1 saturated carbocycles. The fraction of sp³-hybridized carbons (Fsp3) is 0.800. The molecule has 1 atom stereocenters. The molecule has 0 radical (unpaired) electrons. The second-order valence-electron chi connectivity index (χ2n) is 3.99. The second-order valence-corrected chi connectivity index (χ2v) is 4.75. The van der Waals surface area contributed by atoms with Crippen molar-refractivity contribution in [1.82, 2.24) is 9.36 Å². The van der Waals surface area contributed by atoms with Crippen molar-refractivity contribution in [2.45, 2.75) is 45.6 Å². The number of anilines is 1. The summed E-state index contributed by atoms with van der Waals surface area (Å²) >= 11 is 1.48. The summed E-state index contributed by atoms with van der Waals surface area (Å²) in [6.45, 7) is 4.33. The SMILES string of the molecule is CCc1nsc(N[C@@H](C)C2CCC2)n1. The van der Waals surface area contributed by atoms with Gasteiger partial charge in [-0.05, 0) is 25.7 Å². The summed E-state index contributed by atoms with van der Waals surface area (Å²) in [7, 11) is 0. The third-order valence-corrected chi connectivity index (χ3v) is 3.68. The zero-order valence-corrected chi connectivity index (χ0v) is 9.60. The van der Waals surface area contributed by atoms with Crippen molar-refractivity contribution < 1.29 is 0 Å². The molecule has 1 aromatic heterocycles. The van der Waals surface area contributed by atoms with Gasteiger partial charge in [-0.1, -0.05) is 13.3 Å². The minimum atomic E-state index is 0.557. The maximum atomic E-state index is 4.41. The Morgan fingerprint density at radius 3 is 2.86 bits per heavy atom. The van der Waals surface area contributed by atoms with E-state index in [4.69, 9.17) is 0 Å². The van der Waals surface area contributed by atoms with Crippen LogP contribution in [-0.2, 0) is 6.42 Å². The summed E-state index contributed by atoms with van der Waals surface area (Å²) in [6.07, 6.45) is 5.06. The summed E-state index contributed by atoms with van der Waals surface area (Å²) in [6, 6.07) is 0.557. The van der Waals surface area contributed by atoms with Gasteiger partial charge in [-0.2, -0.15) is 4.37 Å². The molecule has 1 N–H and O–H groups in total. The lowest BCUT2D eigenvalue weighted by atomic mass is 9.80.